The summed E-state index contributed by atoms with van der Waals surface area (Å²) in [6, 6.07) is 3.09. The van der Waals surface area contributed by atoms with Crippen LogP contribution in [0, 0.1) is 12.8 Å². The summed E-state index contributed by atoms with van der Waals surface area (Å²) in [5.74, 6) is 0.516. The van der Waals surface area contributed by atoms with Crippen molar-refractivity contribution in [3.05, 3.63) is 46.2 Å². The summed E-state index contributed by atoms with van der Waals surface area (Å²) in [7, 11) is -1.93. The second-order valence-electron chi connectivity index (χ2n) is 7.98. The van der Waals surface area contributed by atoms with Gasteiger partial charge in [-0.1, -0.05) is 19.4 Å². The molecule has 0 aliphatic rings. The number of sulfone groups is 1. The number of nitrogens with zero attached hydrogens (tertiary/aromatic N) is 2. The van der Waals surface area contributed by atoms with Crippen LogP contribution in [0.2, 0.25) is 0 Å². The average Bonchev–Trinajstić information content (AvgIpc) is 3.01. The molecule has 2 rings (SSSR count). The summed E-state index contributed by atoms with van der Waals surface area (Å²) < 4.78 is 31.8. The quantitative estimate of drug-likeness (QED) is 0.626. The predicted molar refractivity (Wildman–Crippen MR) is 115 cm³/mol. The van der Waals surface area contributed by atoms with Crippen molar-refractivity contribution in [2.75, 3.05) is 13.4 Å². The van der Waals surface area contributed by atoms with Crippen LogP contribution in [0.5, 0.6) is 5.88 Å². The van der Waals surface area contributed by atoms with Crippen LogP contribution in [0.1, 0.15) is 61.7 Å². The fourth-order valence-electron chi connectivity index (χ4n) is 3.32. The maximum atomic E-state index is 13.4. The average molecular weight is 419 g/mol. The first-order valence-corrected chi connectivity index (χ1v) is 11.4. The number of allylic oxidation sites excluding steroid dienone is 2. The van der Waals surface area contributed by atoms with Gasteiger partial charge in [0, 0.05) is 18.4 Å². The fraction of sp³-hybridized carbons (Fsp3) is 0.455. The van der Waals surface area contributed by atoms with Crippen LogP contribution in [-0.2, 0) is 16.4 Å². The summed E-state index contributed by atoms with van der Waals surface area (Å²) in [5, 5.41) is 4.31. The number of ether oxygens (including phenoxy) is 1. The van der Waals surface area contributed by atoms with Gasteiger partial charge in [0.05, 0.1) is 18.2 Å². The van der Waals surface area contributed by atoms with Crippen molar-refractivity contribution in [1.29, 1.82) is 0 Å². The third-order valence-corrected chi connectivity index (χ3v) is 6.10. The van der Waals surface area contributed by atoms with E-state index < -0.39 is 9.84 Å². The third-order valence-electron chi connectivity index (χ3n) is 4.96. The molecule has 0 radical (unpaired) electrons. The minimum Gasteiger partial charge on any atom is -0.481 e. The summed E-state index contributed by atoms with van der Waals surface area (Å²) in [6.07, 6.45) is 2.70. The molecule has 7 heteroatoms. The zero-order chi connectivity index (χ0) is 22.1. The molecule has 1 heterocycles. The van der Waals surface area contributed by atoms with E-state index in [1.807, 2.05) is 20.8 Å². The molecule has 158 valence electrons. The minimum atomic E-state index is -3.45. The van der Waals surface area contributed by atoms with E-state index in [1.165, 1.54) is 25.6 Å². The molecule has 1 aromatic heterocycles. The maximum absolute atomic E-state index is 13.4. The Kier molecular flexibility index (Phi) is 6.73. The van der Waals surface area contributed by atoms with E-state index in [0.29, 0.717) is 40.6 Å². The fourth-order valence-corrected chi connectivity index (χ4v) is 4.32. The number of carbonyl (C=O) groups is 1. The van der Waals surface area contributed by atoms with Gasteiger partial charge in [0.15, 0.2) is 15.6 Å². The van der Waals surface area contributed by atoms with Crippen LogP contribution in [0.4, 0.5) is 0 Å². The maximum Gasteiger partial charge on any atom is 0.223 e. The highest BCUT2D eigenvalue weighted by molar-refractivity contribution is 7.90. The molecular weight excluding hydrogens is 388 g/mol. The lowest BCUT2D eigenvalue weighted by molar-refractivity contribution is 0.103. The van der Waals surface area contributed by atoms with Crippen LogP contribution in [0.3, 0.4) is 0 Å². The van der Waals surface area contributed by atoms with Gasteiger partial charge in [0.25, 0.3) is 0 Å². The number of aromatic nitrogens is 2. The van der Waals surface area contributed by atoms with Gasteiger partial charge in [0.2, 0.25) is 5.88 Å². The number of rotatable bonds is 7. The molecule has 0 unspecified atom stereocenters. The van der Waals surface area contributed by atoms with Crippen molar-refractivity contribution >= 4 is 21.2 Å². The van der Waals surface area contributed by atoms with Crippen molar-refractivity contribution < 1.29 is 17.9 Å². The SMILES string of the molecule is COc1c(C(=O)c2ccc(S(C)(=O)=O)c(C(C)=C(C)C)c2C)cnn1CC(C)C. The molecule has 0 amide bonds. The molecule has 0 atom stereocenters. The van der Waals surface area contributed by atoms with Crippen molar-refractivity contribution in [2.24, 2.45) is 5.92 Å². The van der Waals surface area contributed by atoms with E-state index in [-0.39, 0.29) is 10.7 Å². The van der Waals surface area contributed by atoms with E-state index in [2.05, 4.69) is 18.9 Å². The normalized spacial score (nSPS) is 11.6. The summed E-state index contributed by atoms with van der Waals surface area (Å²) in [6.45, 7) is 12.3. The van der Waals surface area contributed by atoms with Crippen LogP contribution in [-0.4, -0.2) is 37.3 Å². The Morgan fingerprint density at radius 3 is 2.28 bits per heavy atom. The lowest BCUT2D eigenvalue weighted by Crippen LogP contribution is -2.12. The van der Waals surface area contributed by atoms with E-state index in [0.717, 1.165) is 11.1 Å². The molecule has 0 saturated heterocycles. The van der Waals surface area contributed by atoms with Crippen LogP contribution >= 0.6 is 0 Å². The predicted octanol–water partition coefficient (Wildman–Crippen LogP) is 4.30. The zero-order valence-corrected chi connectivity index (χ0v) is 19.3. The topological polar surface area (TPSA) is 78.3 Å². The third kappa shape index (κ3) is 4.61. The first kappa shape index (κ1) is 22.9. The summed E-state index contributed by atoms with van der Waals surface area (Å²) in [5.41, 5.74) is 3.87. The highest BCUT2D eigenvalue weighted by Gasteiger charge is 2.26. The Morgan fingerprint density at radius 1 is 1.17 bits per heavy atom. The second-order valence-corrected chi connectivity index (χ2v) is 9.97. The van der Waals surface area contributed by atoms with E-state index in [4.69, 9.17) is 4.74 Å². The van der Waals surface area contributed by atoms with Gasteiger partial charge < -0.3 is 4.74 Å². The Bertz CT molecular complexity index is 1070. The standard InChI is InChI=1S/C22H30N2O4S/c1-13(2)12-24-22(28-7)18(11-23-24)21(25)17-9-10-19(29(8,26)27)20(16(17)6)15(5)14(3)4/h9-11,13H,12H2,1-8H3. The van der Waals surface area contributed by atoms with Gasteiger partial charge in [-0.05, 0) is 62.4 Å². The number of methoxy groups -OCH3 is 1. The molecule has 29 heavy (non-hydrogen) atoms. The van der Waals surface area contributed by atoms with Gasteiger partial charge in [-0.3, -0.25) is 4.79 Å². The van der Waals surface area contributed by atoms with Crippen molar-refractivity contribution in [2.45, 2.75) is 53.0 Å². The molecule has 6 nitrogen and oxygen atoms in total. The van der Waals surface area contributed by atoms with Crippen LogP contribution in [0.15, 0.2) is 28.8 Å². The second kappa shape index (κ2) is 8.53. The molecule has 0 spiro atoms. The lowest BCUT2D eigenvalue weighted by Gasteiger charge is -2.17. The van der Waals surface area contributed by atoms with E-state index in [9.17, 15) is 13.2 Å². The molecule has 0 N–H and O–H groups in total. The van der Waals surface area contributed by atoms with Gasteiger partial charge in [-0.2, -0.15) is 5.10 Å². The zero-order valence-electron chi connectivity index (χ0n) is 18.5. The van der Waals surface area contributed by atoms with Gasteiger partial charge in [-0.15, -0.1) is 0 Å². The highest BCUT2D eigenvalue weighted by atomic mass is 32.2. The lowest BCUT2D eigenvalue weighted by atomic mass is 9.91. The smallest absolute Gasteiger partial charge is 0.223 e. The molecule has 2 aromatic rings. The van der Waals surface area contributed by atoms with Gasteiger partial charge >= 0.3 is 0 Å². The van der Waals surface area contributed by atoms with Gasteiger partial charge in [-0.25, -0.2) is 13.1 Å². The Morgan fingerprint density at radius 2 is 1.79 bits per heavy atom. The molecular formula is C22H30N2O4S. The molecule has 0 bridgehead atoms. The largest absolute Gasteiger partial charge is 0.481 e. The summed E-state index contributed by atoms with van der Waals surface area (Å²) >= 11 is 0. The molecule has 1 aromatic carbocycles. The van der Waals surface area contributed by atoms with Crippen molar-refractivity contribution in [3.63, 3.8) is 0 Å². The molecule has 0 aliphatic heterocycles. The van der Waals surface area contributed by atoms with Crippen LogP contribution in [0.25, 0.3) is 5.57 Å². The monoisotopic (exact) mass is 418 g/mol. The summed E-state index contributed by atoms with van der Waals surface area (Å²) in [4.78, 5) is 13.6. The van der Waals surface area contributed by atoms with E-state index in [1.54, 1.807) is 17.7 Å². The number of benzene rings is 1. The molecule has 0 aliphatic carbocycles. The Hall–Kier alpha value is -2.41. The van der Waals surface area contributed by atoms with Crippen LogP contribution < -0.4 is 4.74 Å². The number of hydrogen-bond donors (Lipinski definition) is 0. The number of carbonyl (C=O) groups excluding carboxylic acids is 1. The number of ketones is 1. The molecule has 0 saturated carbocycles. The first-order valence-electron chi connectivity index (χ1n) is 9.52. The molecule has 0 fully saturated rings. The van der Waals surface area contributed by atoms with E-state index >= 15 is 0 Å². The van der Waals surface area contributed by atoms with Gasteiger partial charge in [0.1, 0.15) is 5.56 Å². The first-order chi connectivity index (χ1) is 13.4. The highest BCUT2D eigenvalue weighted by Crippen LogP contribution is 2.33. The van der Waals surface area contributed by atoms with Crippen molar-refractivity contribution in [1.82, 2.24) is 9.78 Å². The Balaban J connectivity index is 2.71. The minimum absolute atomic E-state index is 0.229. The number of hydrogen-bond acceptors (Lipinski definition) is 5. The van der Waals surface area contributed by atoms with Crippen molar-refractivity contribution in [3.8, 4) is 5.88 Å². The Labute approximate surface area is 173 Å².